The standard InChI is InChI=1S/C11H21N5O/c1-9-8-17-10(2)6-15(9)3-4-16-7-11(5-12)13-14-16/h7,9-10H,3-6,8,12H2,1-2H3. The van der Waals surface area contributed by atoms with E-state index in [2.05, 4.69) is 29.1 Å². The van der Waals surface area contributed by atoms with Crippen molar-refractivity contribution in [3.05, 3.63) is 11.9 Å². The van der Waals surface area contributed by atoms with E-state index >= 15 is 0 Å². The minimum Gasteiger partial charge on any atom is -0.376 e. The van der Waals surface area contributed by atoms with Crippen LogP contribution >= 0.6 is 0 Å². The summed E-state index contributed by atoms with van der Waals surface area (Å²) in [5.74, 6) is 0. The summed E-state index contributed by atoms with van der Waals surface area (Å²) in [4.78, 5) is 2.43. The van der Waals surface area contributed by atoms with Crippen LogP contribution in [0, 0.1) is 0 Å². The van der Waals surface area contributed by atoms with Gasteiger partial charge in [-0.1, -0.05) is 5.21 Å². The Hall–Kier alpha value is -0.980. The Labute approximate surface area is 102 Å². The molecule has 96 valence electrons. The smallest absolute Gasteiger partial charge is 0.0962 e. The summed E-state index contributed by atoms with van der Waals surface area (Å²) in [5, 5.41) is 8.02. The largest absolute Gasteiger partial charge is 0.376 e. The van der Waals surface area contributed by atoms with Crippen LogP contribution in [0.4, 0.5) is 0 Å². The summed E-state index contributed by atoms with van der Waals surface area (Å²) in [6.07, 6.45) is 2.23. The molecule has 0 saturated carbocycles. The molecule has 2 rings (SSSR count). The van der Waals surface area contributed by atoms with Gasteiger partial charge in [0, 0.05) is 31.9 Å². The lowest BCUT2D eigenvalue weighted by atomic mass is 10.2. The summed E-state index contributed by atoms with van der Waals surface area (Å²) in [6.45, 7) is 8.38. The van der Waals surface area contributed by atoms with Gasteiger partial charge in [0.25, 0.3) is 0 Å². The molecule has 6 nitrogen and oxygen atoms in total. The van der Waals surface area contributed by atoms with E-state index in [-0.39, 0.29) is 0 Å². The van der Waals surface area contributed by atoms with Crippen molar-refractivity contribution in [2.45, 2.75) is 39.1 Å². The third kappa shape index (κ3) is 3.24. The quantitative estimate of drug-likeness (QED) is 0.791. The highest BCUT2D eigenvalue weighted by atomic mass is 16.5. The molecule has 1 aliphatic rings. The first-order valence-electron chi connectivity index (χ1n) is 6.13. The number of nitrogens with zero attached hydrogens (tertiary/aromatic N) is 4. The van der Waals surface area contributed by atoms with Crippen LogP contribution in [0.3, 0.4) is 0 Å². The highest BCUT2D eigenvalue weighted by Crippen LogP contribution is 2.10. The van der Waals surface area contributed by atoms with E-state index in [1.54, 1.807) is 0 Å². The molecule has 1 aromatic heterocycles. The molecule has 6 heteroatoms. The number of hydrogen-bond acceptors (Lipinski definition) is 5. The molecule has 0 spiro atoms. The molecule has 0 amide bonds. The van der Waals surface area contributed by atoms with Crippen LogP contribution in [0.2, 0.25) is 0 Å². The van der Waals surface area contributed by atoms with Gasteiger partial charge < -0.3 is 10.5 Å². The molecular formula is C11H21N5O. The van der Waals surface area contributed by atoms with Gasteiger partial charge in [0.15, 0.2) is 0 Å². The monoisotopic (exact) mass is 239 g/mol. The van der Waals surface area contributed by atoms with Crippen LogP contribution in [-0.2, 0) is 17.8 Å². The molecule has 2 unspecified atom stereocenters. The van der Waals surface area contributed by atoms with Gasteiger partial charge in [-0.3, -0.25) is 9.58 Å². The number of aromatic nitrogens is 3. The molecule has 2 heterocycles. The fraction of sp³-hybridized carbons (Fsp3) is 0.818. The van der Waals surface area contributed by atoms with Crippen molar-refractivity contribution in [1.29, 1.82) is 0 Å². The third-order valence-electron chi connectivity index (χ3n) is 3.15. The maximum absolute atomic E-state index is 5.60. The van der Waals surface area contributed by atoms with E-state index in [0.717, 1.165) is 31.9 Å². The molecule has 1 saturated heterocycles. The maximum Gasteiger partial charge on any atom is 0.0962 e. The molecular weight excluding hydrogens is 218 g/mol. The summed E-state index contributed by atoms with van der Waals surface area (Å²) >= 11 is 0. The van der Waals surface area contributed by atoms with Crippen LogP contribution in [-0.4, -0.2) is 51.7 Å². The number of nitrogens with two attached hydrogens (primary N) is 1. The minimum atomic E-state index is 0.321. The fourth-order valence-electron chi connectivity index (χ4n) is 2.06. The van der Waals surface area contributed by atoms with Crippen molar-refractivity contribution in [1.82, 2.24) is 19.9 Å². The Bertz CT molecular complexity index is 353. The first-order chi connectivity index (χ1) is 8.19. The maximum atomic E-state index is 5.60. The second kappa shape index (κ2) is 5.57. The Kier molecular flexibility index (Phi) is 4.09. The van der Waals surface area contributed by atoms with E-state index < -0.39 is 0 Å². The van der Waals surface area contributed by atoms with Crippen molar-refractivity contribution < 1.29 is 4.74 Å². The van der Waals surface area contributed by atoms with E-state index in [1.165, 1.54) is 0 Å². The highest BCUT2D eigenvalue weighted by molar-refractivity contribution is 4.90. The van der Waals surface area contributed by atoms with Gasteiger partial charge >= 0.3 is 0 Å². The molecule has 0 bridgehead atoms. The zero-order valence-corrected chi connectivity index (χ0v) is 10.5. The van der Waals surface area contributed by atoms with Crippen molar-refractivity contribution >= 4 is 0 Å². The molecule has 0 aromatic carbocycles. The van der Waals surface area contributed by atoms with Gasteiger partial charge in [0.2, 0.25) is 0 Å². The SMILES string of the molecule is CC1CN(CCn2cc(CN)nn2)C(C)CO1. The lowest BCUT2D eigenvalue weighted by Gasteiger charge is -2.36. The number of hydrogen-bond donors (Lipinski definition) is 1. The summed E-state index contributed by atoms with van der Waals surface area (Å²) in [6, 6.07) is 0.476. The van der Waals surface area contributed by atoms with Gasteiger partial charge in [-0.15, -0.1) is 5.10 Å². The summed E-state index contributed by atoms with van der Waals surface area (Å²) in [7, 11) is 0. The van der Waals surface area contributed by atoms with Crippen LogP contribution in [0.5, 0.6) is 0 Å². The van der Waals surface area contributed by atoms with E-state index in [0.29, 0.717) is 18.7 Å². The molecule has 0 radical (unpaired) electrons. The average Bonchev–Trinajstić information content (AvgIpc) is 2.78. The zero-order valence-electron chi connectivity index (χ0n) is 10.5. The van der Waals surface area contributed by atoms with Gasteiger partial charge in [0.1, 0.15) is 0 Å². The van der Waals surface area contributed by atoms with Gasteiger partial charge in [0.05, 0.1) is 24.9 Å². The second-order valence-corrected chi connectivity index (χ2v) is 4.66. The molecule has 1 fully saturated rings. The predicted molar refractivity (Wildman–Crippen MR) is 64.4 cm³/mol. The van der Waals surface area contributed by atoms with E-state index in [9.17, 15) is 0 Å². The van der Waals surface area contributed by atoms with Crippen LogP contribution in [0.1, 0.15) is 19.5 Å². The number of morpholine rings is 1. The Balaban J connectivity index is 1.84. The Morgan fingerprint density at radius 3 is 3.00 bits per heavy atom. The lowest BCUT2D eigenvalue weighted by Crippen LogP contribution is -2.48. The molecule has 2 atom stereocenters. The topological polar surface area (TPSA) is 69.2 Å². The fourth-order valence-corrected chi connectivity index (χ4v) is 2.06. The van der Waals surface area contributed by atoms with Crippen molar-refractivity contribution in [2.24, 2.45) is 5.73 Å². The average molecular weight is 239 g/mol. The predicted octanol–water partition coefficient (Wildman–Crippen LogP) is -0.154. The van der Waals surface area contributed by atoms with E-state index in [4.69, 9.17) is 10.5 Å². The molecule has 1 aromatic rings. The Morgan fingerprint density at radius 2 is 2.29 bits per heavy atom. The Morgan fingerprint density at radius 1 is 1.47 bits per heavy atom. The molecule has 1 aliphatic heterocycles. The number of rotatable bonds is 4. The van der Waals surface area contributed by atoms with Gasteiger partial charge in [-0.25, -0.2) is 0 Å². The van der Waals surface area contributed by atoms with E-state index in [1.807, 2.05) is 10.9 Å². The first-order valence-corrected chi connectivity index (χ1v) is 6.13. The molecule has 2 N–H and O–H groups in total. The molecule has 0 aliphatic carbocycles. The normalized spacial score (nSPS) is 26.3. The van der Waals surface area contributed by atoms with Gasteiger partial charge in [-0.2, -0.15) is 0 Å². The summed E-state index contributed by atoms with van der Waals surface area (Å²) < 4.78 is 7.46. The van der Waals surface area contributed by atoms with Crippen molar-refractivity contribution in [3.63, 3.8) is 0 Å². The number of ether oxygens (including phenoxy) is 1. The van der Waals surface area contributed by atoms with Gasteiger partial charge in [-0.05, 0) is 13.8 Å². The van der Waals surface area contributed by atoms with Crippen LogP contribution < -0.4 is 5.73 Å². The second-order valence-electron chi connectivity index (χ2n) is 4.66. The van der Waals surface area contributed by atoms with Crippen LogP contribution in [0.15, 0.2) is 6.20 Å². The first kappa shape index (κ1) is 12.5. The molecule has 17 heavy (non-hydrogen) atoms. The highest BCUT2D eigenvalue weighted by Gasteiger charge is 2.22. The zero-order chi connectivity index (χ0) is 12.3. The van der Waals surface area contributed by atoms with Crippen molar-refractivity contribution in [2.75, 3.05) is 19.7 Å². The minimum absolute atomic E-state index is 0.321. The third-order valence-corrected chi connectivity index (χ3v) is 3.15. The van der Waals surface area contributed by atoms with Crippen LogP contribution in [0.25, 0.3) is 0 Å². The lowest BCUT2D eigenvalue weighted by molar-refractivity contribution is -0.0504. The summed E-state index contributed by atoms with van der Waals surface area (Å²) in [5.41, 5.74) is 6.34. The van der Waals surface area contributed by atoms with Crippen molar-refractivity contribution in [3.8, 4) is 0 Å².